The first kappa shape index (κ1) is 11.0. The Labute approximate surface area is 89.4 Å². The summed E-state index contributed by atoms with van der Waals surface area (Å²) in [7, 11) is 1.52. The number of halogens is 2. The lowest BCUT2D eigenvalue weighted by molar-refractivity contribution is -0.122. The maximum Gasteiger partial charge on any atom is 0.257 e. The second kappa shape index (κ2) is 4.95. The number of benzene rings is 1. The number of hydrogen-bond donors (Lipinski definition) is 1. The van der Waals surface area contributed by atoms with Crippen LogP contribution in [0, 0.1) is 5.82 Å². The molecular formula is C9H9BrFNO2. The zero-order valence-electron chi connectivity index (χ0n) is 7.51. The number of rotatable bonds is 3. The minimum absolute atomic E-state index is 0.0826. The van der Waals surface area contributed by atoms with Gasteiger partial charge in [-0.3, -0.25) is 4.79 Å². The summed E-state index contributed by atoms with van der Waals surface area (Å²) < 4.78 is 18.3. The van der Waals surface area contributed by atoms with Crippen LogP contribution in [0.25, 0.3) is 0 Å². The molecule has 0 fully saturated rings. The molecule has 0 heterocycles. The third-order valence-corrected chi connectivity index (χ3v) is 2.15. The van der Waals surface area contributed by atoms with Crippen LogP contribution in [0.5, 0.6) is 5.75 Å². The van der Waals surface area contributed by atoms with E-state index in [4.69, 9.17) is 4.74 Å². The standard InChI is InChI=1S/C9H9BrFNO2/c1-12-9(13)5-14-8-3-2-6(11)4-7(8)10/h2-4H,5H2,1H3,(H,12,13). The fourth-order valence-electron chi connectivity index (χ4n) is 0.808. The number of likely N-dealkylation sites (N-methyl/N-ethyl adjacent to an activating group) is 1. The Morgan fingerprint density at radius 2 is 2.36 bits per heavy atom. The maximum atomic E-state index is 12.6. The third-order valence-electron chi connectivity index (χ3n) is 1.53. The molecule has 76 valence electrons. The van der Waals surface area contributed by atoms with Gasteiger partial charge in [-0.1, -0.05) is 0 Å². The molecule has 1 aromatic rings. The van der Waals surface area contributed by atoms with Crippen LogP contribution in [0.15, 0.2) is 22.7 Å². The Balaban J connectivity index is 2.63. The molecule has 0 unspecified atom stereocenters. The van der Waals surface area contributed by atoms with Crippen LogP contribution in [-0.2, 0) is 4.79 Å². The van der Waals surface area contributed by atoms with E-state index in [2.05, 4.69) is 21.2 Å². The molecule has 1 N–H and O–H groups in total. The molecule has 0 saturated carbocycles. The fraction of sp³-hybridized carbons (Fsp3) is 0.222. The summed E-state index contributed by atoms with van der Waals surface area (Å²) in [5, 5.41) is 2.41. The lowest BCUT2D eigenvalue weighted by Crippen LogP contribution is -2.24. The van der Waals surface area contributed by atoms with Crippen LogP contribution in [0.1, 0.15) is 0 Å². The van der Waals surface area contributed by atoms with E-state index >= 15 is 0 Å². The van der Waals surface area contributed by atoms with Crippen molar-refractivity contribution in [3.8, 4) is 5.75 Å². The van der Waals surface area contributed by atoms with E-state index in [-0.39, 0.29) is 18.3 Å². The van der Waals surface area contributed by atoms with Crippen molar-refractivity contribution < 1.29 is 13.9 Å². The smallest absolute Gasteiger partial charge is 0.257 e. The summed E-state index contributed by atoms with van der Waals surface area (Å²) in [6, 6.07) is 4.01. The first-order chi connectivity index (χ1) is 6.63. The molecule has 0 radical (unpaired) electrons. The summed E-state index contributed by atoms with van der Waals surface area (Å²) >= 11 is 3.12. The molecular weight excluding hydrogens is 253 g/mol. The molecule has 0 atom stereocenters. The summed E-state index contributed by atoms with van der Waals surface area (Å²) in [4.78, 5) is 10.8. The summed E-state index contributed by atoms with van der Waals surface area (Å²) in [6.07, 6.45) is 0. The molecule has 0 aliphatic carbocycles. The van der Waals surface area contributed by atoms with Gasteiger partial charge in [0.25, 0.3) is 5.91 Å². The van der Waals surface area contributed by atoms with E-state index in [1.807, 2.05) is 0 Å². The van der Waals surface area contributed by atoms with Gasteiger partial charge in [-0.25, -0.2) is 4.39 Å². The Morgan fingerprint density at radius 3 is 2.93 bits per heavy atom. The number of ether oxygens (including phenoxy) is 1. The van der Waals surface area contributed by atoms with Gasteiger partial charge in [-0.05, 0) is 34.1 Å². The zero-order valence-corrected chi connectivity index (χ0v) is 9.10. The van der Waals surface area contributed by atoms with E-state index in [0.717, 1.165) is 0 Å². The van der Waals surface area contributed by atoms with Crippen molar-refractivity contribution in [3.05, 3.63) is 28.5 Å². The molecule has 0 aromatic heterocycles. The van der Waals surface area contributed by atoms with Crippen LogP contribution >= 0.6 is 15.9 Å². The van der Waals surface area contributed by atoms with Gasteiger partial charge in [-0.15, -0.1) is 0 Å². The van der Waals surface area contributed by atoms with Crippen molar-refractivity contribution in [3.63, 3.8) is 0 Å². The van der Waals surface area contributed by atoms with Gasteiger partial charge >= 0.3 is 0 Å². The minimum Gasteiger partial charge on any atom is -0.483 e. The molecule has 5 heteroatoms. The van der Waals surface area contributed by atoms with Gasteiger partial charge in [0.15, 0.2) is 6.61 Å². The quantitative estimate of drug-likeness (QED) is 0.900. The highest BCUT2D eigenvalue weighted by Gasteiger charge is 2.04. The Morgan fingerprint density at radius 1 is 1.64 bits per heavy atom. The van der Waals surface area contributed by atoms with Crippen LogP contribution in [0.4, 0.5) is 4.39 Å². The Bertz CT molecular complexity index is 344. The highest BCUT2D eigenvalue weighted by atomic mass is 79.9. The van der Waals surface area contributed by atoms with Crippen LogP contribution in [-0.4, -0.2) is 19.6 Å². The lowest BCUT2D eigenvalue weighted by atomic mass is 10.3. The van der Waals surface area contributed by atoms with E-state index in [1.54, 1.807) is 0 Å². The average molecular weight is 262 g/mol. The van der Waals surface area contributed by atoms with E-state index in [1.165, 1.54) is 25.2 Å². The van der Waals surface area contributed by atoms with Gasteiger partial charge in [0.2, 0.25) is 0 Å². The highest BCUT2D eigenvalue weighted by molar-refractivity contribution is 9.10. The number of hydrogen-bond acceptors (Lipinski definition) is 2. The van der Waals surface area contributed by atoms with Crippen molar-refractivity contribution in [1.29, 1.82) is 0 Å². The van der Waals surface area contributed by atoms with Crippen molar-refractivity contribution in [2.75, 3.05) is 13.7 Å². The molecule has 1 aromatic carbocycles. The van der Waals surface area contributed by atoms with Gasteiger partial charge in [0, 0.05) is 7.05 Å². The van der Waals surface area contributed by atoms with E-state index in [0.29, 0.717) is 10.2 Å². The number of carbonyl (C=O) groups excluding carboxylic acids is 1. The molecule has 3 nitrogen and oxygen atoms in total. The number of amides is 1. The molecule has 1 amide bonds. The highest BCUT2D eigenvalue weighted by Crippen LogP contribution is 2.25. The first-order valence-corrected chi connectivity index (χ1v) is 4.71. The molecule has 0 aliphatic heterocycles. The Kier molecular flexibility index (Phi) is 3.88. The molecule has 14 heavy (non-hydrogen) atoms. The summed E-state index contributed by atoms with van der Waals surface area (Å²) in [5.74, 6) is -0.152. The van der Waals surface area contributed by atoms with Crippen molar-refractivity contribution in [1.82, 2.24) is 5.32 Å². The third kappa shape index (κ3) is 2.99. The SMILES string of the molecule is CNC(=O)COc1ccc(F)cc1Br. The topological polar surface area (TPSA) is 38.3 Å². The number of nitrogens with one attached hydrogen (secondary N) is 1. The second-order valence-electron chi connectivity index (χ2n) is 2.54. The molecule has 0 bridgehead atoms. The molecule has 0 spiro atoms. The van der Waals surface area contributed by atoms with Crippen LogP contribution in [0.2, 0.25) is 0 Å². The van der Waals surface area contributed by atoms with Gasteiger partial charge < -0.3 is 10.1 Å². The van der Waals surface area contributed by atoms with Gasteiger partial charge in [-0.2, -0.15) is 0 Å². The monoisotopic (exact) mass is 261 g/mol. The average Bonchev–Trinajstić information content (AvgIpc) is 2.16. The molecule has 0 aliphatic rings. The van der Waals surface area contributed by atoms with Crippen LogP contribution < -0.4 is 10.1 Å². The normalized spacial score (nSPS) is 9.64. The van der Waals surface area contributed by atoms with E-state index in [9.17, 15) is 9.18 Å². The molecule has 1 rings (SSSR count). The van der Waals surface area contributed by atoms with Gasteiger partial charge in [0.05, 0.1) is 4.47 Å². The summed E-state index contributed by atoms with van der Waals surface area (Å²) in [6.45, 7) is -0.0826. The largest absolute Gasteiger partial charge is 0.483 e. The summed E-state index contributed by atoms with van der Waals surface area (Å²) in [5.41, 5.74) is 0. The minimum atomic E-state index is -0.357. The Hall–Kier alpha value is -1.10. The lowest BCUT2D eigenvalue weighted by Gasteiger charge is -2.06. The van der Waals surface area contributed by atoms with Crippen molar-refractivity contribution >= 4 is 21.8 Å². The predicted molar refractivity (Wildman–Crippen MR) is 53.7 cm³/mol. The molecule has 0 saturated heterocycles. The number of carbonyl (C=O) groups is 1. The predicted octanol–water partition coefficient (Wildman–Crippen LogP) is 1.71. The van der Waals surface area contributed by atoms with Crippen LogP contribution in [0.3, 0.4) is 0 Å². The van der Waals surface area contributed by atoms with Gasteiger partial charge in [0.1, 0.15) is 11.6 Å². The zero-order chi connectivity index (χ0) is 10.6. The maximum absolute atomic E-state index is 12.6. The van der Waals surface area contributed by atoms with Crippen molar-refractivity contribution in [2.45, 2.75) is 0 Å². The second-order valence-corrected chi connectivity index (χ2v) is 3.39. The van der Waals surface area contributed by atoms with Crippen molar-refractivity contribution in [2.24, 2.45) is 0 Å². The fourth-order valence-corrected chi connectivity index (χ4v) is 1.27. The van der Waals surface area contributed by atoms with E-state index < -0.39 is 0 Å². The first-order valence-electron chi connectivity index (χ1n) is 3.92.